The fraction of sp³-hybridized carbons (Fsp3) is 0.867. The van der Waals surface area contributed by atoms with E-state index in [0.717, 1.165) is 32.1 Å². The summed E-state index contributed by atoms with van der Waals surface area (Å²) in [4.78, 5) is 25.6. The third-order valence-electron chi connectivity index (χ3n) is 4.87. The second-order valence-corrected chi connectivity index (χ2v) is 6.21. The van der Waals surface area contributed by atoms with Gasteiger partial charge in [0.1, 0.15) is 6.04 Å². The Bertz CT molecular complexity index is 372. The van der Waals surface area contributed by atoms with Crippen LogP contribution < -0.4 is 5.32 Å². The molecule has 5 heteroatoms. The Labute approximate surface area is 120 Å². The maximum atomic E-state index is 12.5. The predicted octanol–water partition coefficient (Wildman–Crippen LogP) is 2.60. The lowest BCUT2D eigenvalue weighted by molar-refractivity contribution is -0.145. The number of amides is 2. The Morgan fingerprint density at radius 3 is 2.60 bits per heavy atom. The van der Waals surface area contributed by atoms with Crippen LogP contribution in [0.2, 0.25) is 0 Å². The summed E-state index contributed by atoms with van der Waals surface area (Å²) < 4.78 is 0. The summed E-state index contributed by atoms with van der Waals surface area (Å²) in [5.41, 5.74) is 0. The zero-order valence-electron chi connectivity index (χ0n) is 12.5. The smallest absolute Gasteiger partial charge is 0.326 e. The molecule has 1 aliphatic carbocycles. The van der Waals surface area contributed by atoms with Crippen LogP contribution in [0.15, 0.2) is 0 Å². The SMILES string of the molecule is CCC(C)NC(=O)N1C(C(=O)O)CCC2CCCCC21. The lowest BCUT2D eigenvalue weighted by atomic mass is 9.76. The quantitative estimate of drug-likeness (QED) is 0.836. The van der Waals surface area contributed by atoms with Crippen molar-refractivity contribution in [2.24, 2.45) is 5.92 Å². The molecule has 20 heavy (non-hydrogen) atoms. The molecule has 1 aliphatic heterocycles. The van der Waals surface area contributed by atoms with Crippen LogP contribution in [0, 0.1) is 5.92 Å². The van der Waals surface area contributed by atoms with Crippen molar-refractivity contribution in [3.63, 3.8) is 0 Å². The van der Waals surface area contributed by atoms with Crippen molar-refractivity contribution in [3.05, 3.63) is 0 Å². The summed E-state index contributed by atoms with van der Waals surface area (Å²) in [6, 6.07) is -0.648. The Morgan fingerprint density at radius 2 is 1.95 bits per heavy atom. The molecule has 0 spiro atoms. The van der Waals surface area contributed by atoms with Gasteiger partial charge in [-0.1, -0.05) is 19.8 Å². The molecule has 5 nitrogen and oxygen atoms in total. The summed E-state index contributed by atoms with van der Waals surface area (Å²) in [5.74, 6) is -0.379. The molecule has 0 aromatic heterocycles. The number of hydrogen-bond donors (Lipinski definition) is 2. The first-order valence-electron chi connectivity index (χ1n) is 7.86. The number of carbonyl (C=O) groups is 2. The van der Waals surface area contributed by atoms with Crippen LogP contribution in [0.25, 0.3) is 0 Å². The maximum Gasteiger partial charge on any atom is 0.326 e. The van der Waals surface area contributed by atoms with Crippen LogP contribution in [0.1, 0.15) is 58.8 Å². The molecule has 4 atom stereocenters. The largest absolute Gasteiger partial charge is 0.480 e. The van der Waals surface area contributed by atoms with E-state index in [1.807, 2.05) is 13.8 Å². The Kier molecular flexibility index (Phi) is 4.89. The van der Waals surface area contributed by atoms with Crippen molar-refractivity contribution < 1.29 is 14.7 Å². The summed E-state index contributed by atoms with van der Waals surface area (Å²) >= 11 is 0. The topological polar surface area (TPSA) is 69.6 Å². The highest BCUT2D eigenvalue weighted by atomic mass is 16.4. The van der Waals surface area contributed by atoms with Crippen molar-refractivity contribution in [2.75, 3.05) is 0 Å². The van der Waals surface area contributed by atoms with Crippen molar-refractivity contribution in [1.29, 1.82) is 0 Å². The van der Waals surface area contributed by atoms with Gasteiger partial charge in [0.15, 0.2) is 0 Å². The van der Waals surface area contributed by atoms with Crippen LogP contribution in [0.3, 0.4) is 0 Å². The Balaban J connectivity index is 2.16. The molecule has 0 radical (unpaired) electrons. The summed E-state index contributed by atoms with van der Waals surface area (Å²) in [6.07, 6.45) is 6.76. The van der Waals surface area contributed by atoms with E-state index in [4.69, 9.17) is 0 Å². The lowest BCUT2D eigenvalue weighted by Crippen LogP contribution is -2.60. The van der Waals surface area contributed by atoms with Gasteiger partial charge < -0.3 is 15.3 Å². The Hall–Kier alpha value is -1.26. The van der Waals surface area contributed by atoms with Gasteiger partial charge in [0.2, 0.25) is 0 Å². The van der Waals surface area contributed by atoms with Gasteiger partial charge in [0.05, 0.1) is 0 Å². The van der Waals surface area contributed by atoms with E-state index in [-0.39, 0.29) is 18.1 Å². The number of aliphatic carboxylic acids is 1. The standard InChI is InChI=1S/C15H26N2O3/c1-3-10(2)16-15(20)17-12-7-5-4-6-11(12)8-9-13(17)14(18)19/h10-13H,3-9H2,1-2H3,(H,16,20)(H,18,19). The lowest BCUT2D eigenvalue weighted by Gasteiger charge is -2.47. The van der Waals surface area contributed by atoms with Gasteiger partial charge in [0.25, 0.3) is 0 Å². The van der Waals surface area contributed by atoms with Gasteiger partial charge in [-0.05, 0) is 44.9 Å². The van der Waals surface area contributed by atoms with E-state index in [1.165, 1.54) is 6.42 Å². The van der Waals surface area contributed by atoms with Gasteiger partial charge in [-0.15, -0.1) is 0 Å². The minimum atomic E-state index is -0.867. The second-order valence-electron chi connectivity index (χ2n) is 6.21. The van der Waals surface area contributed by atoms with Crippen LogP contribution in [-0.4, -0.2) is 40.1 Å². The highest BCUT2D eigenvalue weighted by molar-refractivity contribution is 5.83. The molecular weight excluding hydrogens is 256 g/mol. The first kappa shape index (κ1) is 15.1. The van der Waals surface area contributed by atoms with Crippen LogP contribution in [-0.2, 0) is 4.79 Å². The number of fused-ring (bicyclic) bond motifs is 1. The van der Waals surface area contributed by atoms with E-state index in [1.54, 1.807) is 4.90 Å². The van der Waals surface area contributed by atoms with Crippen LogP contribution >= 0.6 is 0 Å². The summed E-state index contributed by atoms with van der Waals surface area (Å²) in [5, 5.41) is 12.4. The highest BCUT2D eigenvalue weighted by Gasteiger charge is 2.43. The van der Waals surface area contributed by atoms with Gasteiger partial charge in [-0.2, -0.15) is 0 Å². The molecule has 2 rings (SSSR count). The van der Waals surface area contributed by atoms with E-state index >= 15 is 0 Å². The molecule has 0 aromatic carbocycles. The van der Waals surface area contributed by atoms with Crippen molar-refractivity contribution in [3.8, 4) is 0 Å². The average molecular weight is 282 g/mol. The number of likely N-dealkylation sites (tertiary alicyclic amines) is 1. The molecule has 2 fully saturated rings. The maximum absolute atomic E-state index is 12.5. The fourth-order valence-electron chi connectivity index (χ4n) is 3.56. The van der Waals surface area contributed by atoms with Crippen molar-refractivity contribution in [2.45, 2.75) is 76.9 Å². The molecule has 2 aliphatic rings. The van der Waals surface area contributed by atoms with Gasteiger partial charge in [-0.3, -0.25) is 0 Å². The molecule has 114 valence electrons. The first-order valence-corrected chi connectivity index (χ1v) is 7.86. The van der Waals surface area contributed by atoms with E-state index in [0.29, 0.717) is 12.3 Å². The van der Waals surface area contributed by atoms with Crippen molar-refractivity contribution in [1.82, 2.24) is 10.2 Å². The number of nitrogens with one attached hydrogen (secondary N) is 1. The number of carboxylic acids is 1. The molecule has 2 amide bonds. The number of urea groups is 1. The number of rotatable bonds is 3. The molecule has 0 bridgehead atoms. The number of hydrogen-bond acceptors (Lipinski definition) is 2. The van der Waals surface area contributed by atoms with Crippen molar-refractivity contribution >= 4 is 12.0 Å². The van der Waals surface area contributed by atoms with E-state index < -0.39 is 12.0 Å². The minimum absolute atomic E-state index is 0.0842. The normalized spacial score (nSPS) is 31.3. The van der Waals surface area contributed by atoms with Crippen LogP contribution in [0.5, 0.6) is 0 Å². The van der Waals surface area contributed by atoms with E-state index in [9.17, 15) is 14.7 Å². The average Bonchev–Trinajstić information content (AvgIpc) is 2.45. The third kappa shape index (κ3) is 3.07. The molecule has 0 aromatic rings. The highest BCUT2D eigenvalue weighted by Crippen LogP contribution is 2.38. The number of piperidine rings is 1. The minimum Gasteiger partial charge on any atom is -0.480 e. The molecule has 1 saturated carbocycles. The first-order chi connectivity index (χ1) is 9.54. The molecular formula is C15H26N2O3. The zero-order valence-corrected chi connectivity index (χ0v) is 12.5. The second kappa shape index (κ2) is 6.46. The monoisotopic (exact) mass is 282 g/mol. The molecule has 2 N–H and O–H groups in total. The van der Waals surface area contributed by atoms with Gasteiger partial charge in [-0.25, -0.2) is 9.59 Å². The van der Waals surface area contributed by atoms with Gasteiger partial charge >= 0.3 is 12.0 Å². The van der Waals surface area contributed by atoms with E-state index in [2.05, 4.69) is 5.32 Å². The summed E-state index contributed by atoms with van der Waals surface area (Å²) in [7, 11) is 0. The zero-order chi connectivity index (χ0) is 14.7. The van der Waals surface area contributed by atoms with Gasteiger partial charge in [0, 0.05) is 12.1 Å². The molecule has 1 heterocycles. The number of nitrogens with zero attached hydrogens (tertiary/aromatic N) is 1. The fourth-order valence-corrected chi connectivity index (χ4v) is 3.56. The third-order valence-corrected chi connectivity index (χ3v) is 4.87. The number of carboxylic acid groups (broad SMARTS) is 1. The molecule has 1 saturated heterocycles. The summed E-state index contributed by atoms with van der Waals surface area (Å²) in [6.45, 7) is 3.97. The van der Waals surface area contributed by atoms with Crippen LogP contribution in [0.4, 0.5) is 4.79 Å². The Morgan fingerprint density at radius 1 is 1.25 bits per heavy atom. The molecule has 4 unspecified atom stereocenters. The predicted molar refractivity (Wildman–Crippen MR) is 76.5 cm³/mol. The number of carbonyl (C=O) groups excluding carboxylic acids is 1.